The van der Waals surface area contributed by atoms with Gasteiger partial charge in [-0.2, -0.15) is 0 Å². The number of nitrogens with two attached hydrogens (primary N) is 1. The quantitative estimate of drug-likeness (QED) is 0.529. The Morgan fingerprint density at radius 1 is 1.19 bits per heavy atom. The highest BCUT2D eigenvalue weighted by molar-refractivity contribution is 5.94. The van der Waals surface area contributed by atoms with Crippen LogP contribution >= 0.6 is 0 Å². The van der Waals surface area contributed by atoms with Crippen LogP contribution in [0.1, 0.15) is 45.4 Å². The average Bonchev–Trinajstić information content (AvgIpc) is 2.49. The first kappa shape index (κ1) is 17.5. The van der Waals surface area contributed by atoms with Crippen molar-refractivity contribution in [2.75, 3.05) is 30.9 Å². The third-order valence-electron chi connectivity index (χ3n) is 3.50. The maximum Gasteiger partial charge on any atom is 0.252 e. The van der Waals surface area contributed by atoms with Crippen LogP contribution in [-0.2, 0) is 9.53 Å². The van der Waals surface area contributed by atoms with Crippen LogP contribution in [0.3, 0.4) is 0 Å². The molecular formula is C17H28N2O2. The zero-order chi connectivity index (χ0) is 15.5. The van der Waals surface area contributed by atoms with Gasteiger partial charge in [-0.15, -0.1) is 0 Å². The van der Waals surface area contributed by atoms with Gasteiger partial charge in [0.1, 0.15) is 6.61 Å². The molecule has 0 aliphatic carbocycles. The van der Waals surface area contributed by atoms with E-state index in [2.05, 4.69) is 6.92 Å². The second-order valence-electron chi connectivity index (χ2n) is 5.37. The summed E-state index contributed by atoms with van der Waals surface area (Å²) in [4.78, 5) is 13.6. The van der Waals surface area contributed by atoms with Crippen LogP contribution in [0, 0.1) is 0 Å². The number of carbonyl (C=O) groups excluding carboxylic acids is 1. The summed E-state index contributed by atoms with van der Waals surface area (Å²) in [7, 11) is 1.74. The zero-order valence-corrected chi connectivity index (χ0v) is 13.3. The predicted molar refractivity (Wildman–Crippen MR) is 88.5 cm³/mol. The Hall–Kier alpha value is -1.55. The van der Waals surface area contributed by atoms with E-state index in [1.54, 1.807) is 24.1 Å². The van der Waals surface area contributed by atoms with Crippen LogP contribution in [-0.4, -0.2) is 26.2 Å². The predicted octanol–water partition coefficient (Wildman–Crippen LogP) is 3.61. The lowest BCUT2D eigenvalue weighted by molar-refractivity contribution is -0.122. The number of rotatable bonds is 10. The van der Waals surface area contributed by atoms with Gasteiger partial charge in [-0.3, -0.25) is 4.79 Å². The third kappa shape index (κ3) is 7.14. The summed E-state index contributed by atoms with van der Waals surface area (Å²) in [6, 6.07) is 7.29. The van der Waals surface area contributed by atoms with Crippen LogP contribution in [0.4, 0.5) is 11.4 Å². The van der Waals surface area contributed by atoms with E-state index in [4.69, 9.17) is 10.5 Å². The lowest BCUT2D eigenvalue weighted by Gasteiger charge is -2.17. The van der Waals surface area contributed by atoms with E-state index >= 15 is 0 Å². The van der Waals surface area contributed by atoms with Crippen molar-refractivity contribution in [1.82, 2.24) is 0 Å². The van der Waals surface area contributed by atoms with Crippen molar-refractivity contribution < 1.29 is 9.53 Å². The molecule has 0 atom stereocenters. The molecule has 0 fully saturated rings. The van der Waals surface area contributed by atoms with E-state index in [1.165, 1.54) is 32.1 Å². The van der Waals surface area contributed by atoms with Gasteiger partial charge in [0.2, 0.25) is 0 Å². The van der Waals surface area contributed by atoms with E-state index in [1.807, 2.05) is 12.1 Å². The van der Waals surface area contributed by atoms with Gasteiger partial charge in [-0.1, -0.05) is 45.1 Å². The molecule has 1 amide bonds. The first-order valence-electron chi connectivity index (χ1n) is 7.85. The van der Waals surface area contributed by atoms with Crippen molar-refractivity contribution >= 4 is 17.3 Å². The molecule has 0 aliphatic heterocycles. The van der Waals surface area contributed by atoms with Gasteiger partial charge in [0.25, 0.3) is 5.91 Å². The van der Waals surface area contributed by atoms with E-state index in [0.717, 1.165) is 12.1 Å². The van der Waals surface area contributed by atoms with Crippen molar-refractivity contribution in [3.8, 4) is 0 Å². The molecule has 0 radical (unpaired) electrons. The van der Waals surface area contributed by atoms with E-state index < -0.39 is 0 Å². The normalized spacial score (nSPS) is 10.6. The van der Waals surface area contributed by atoms with Crippen LogP contribution < -0.4 is 10.6 Å². The maximum atomic E-state index is 12.0. The van der Waals surface area contributed by atoms with Gasteiger partial charge in [-0.05, 0) is 24.6 Å². The Balaban J connectivity index is 2.16. The lowest BCUT2D eigenvalue weighted by Crippen LogP contribution is -2.30. The number of ether oxygens (including phenoxy) is 1. The van der Waals surface area contributed by atoms with E-state index in [9.17, 15) is 4.79 Å². The Bertz CT molecular complexity index is 421. The molecule has 0 saturated heterocycles. The number of unbranched alkanes of at least 4 members (excludes halogenated alkanes) is 5. The SMILES string of the molecule is CCCCCCCCOCC(=O)N(C)c1cccc(N)c1. The van der Waals surface area contributed by atoms with Gasteiger partial charge < -0.3 is 15.4 Å². The number of hydrogen-bond acceptors (Lipinski definition) is 3. The first-order valence-corrected chi connectivity index (χ1v) is 7.85. The van der Waals surface area contributed by atoms with E-state index in [0.29, 0.717) is 12.3 Å². The topological polar surface area (TPSA) is 55.6 Å². The van der Waals surface area contributed by atoms with Crippen LogP contribution in [0.15, 0.2) is 24.3 Å². The third-order valence-corrected chi connectivity index (χ3v) is 3.50. The standard InChI is InChI=1S/C17H28N2O2/c1-3-4-5-6-7-8-12-21-14-17(20)19(2)16-11-9-10-15(18)13-16/h9-11,13H,3-8,12,14,18H2,1-2H3. The lowest BCUT2D eigenvalue weighted by atomic mass is 10.1. The first-order chi connectivity index (χ1) is 10.1. The molecule has 0 saturated carbocycles. The summed E-state index contributed by atoms with van der Waals surface area (Å²) < 4.78 is 5.45. The molecule has 21 heavy (non-hydrogen) atoms. The monoisotopic (exact) mass is 292 g/mol. The Labute approximate surface area is 128 Å². The average molecular weight is 292 g/mol. The number of nitrogen functional groups attached to an aromatic ring is 1. The van der Waals surface area contributed by atoms with Crippen molar-refractivity contribution in [3.05, 3.63) is 24.3 Å². The molecule has 1 rings (SSSR count). The number of anilines is 2. The summed E-state index contributed by atoms with van der Waals surface area (Å²) in [6.45, 7) is 2.99. The largest absolute Gasteiger partial charge is 0.399 e. The Morgan fingerprint density at radius 3 is 2.62 bits per heavy atom. The fraction of sp³-hybridized carbons (Fsp3) is 0.588. The molecule has 0 aromatic heterocycles. The van der Waals surface area contributed by atoms with Gasteiger partial charge in [0, 0.05) is 25.0 Å². The highest BCUT2D eigenvalue weighted by atomic mass is 16.5. The zero-order valence-electron chi connectivity index (χ0n) is 13.3. The van der Waals surface area contributed by atoms with Crippen molar-refractivity contribution in [2.45, 2.75) is 45.4 Å². The summed E-state index contributed by atoms with van der Waals surface area (Å²) in [5.74, 6) is -0.0495. The minimum Gasteiger partial charge on any atom is -0.399 e. The molecule has 0 bridgehead atoms. The number of benzene rings is 1. The smallest absolute Gasteiger partial charge is 0.252 e. The summed E-state index contributed by atoms with van der Waals surface area (Å²) in [6.07, 6.45) is 7.34. The minimum absolute atomic E-state index is 0.0495. The molecule has 1 aromatic rings. The van der Waals surface area contributed by atoms with Gasteiger partial charge >= 0.3 is 0 Å². The van der Waals surface area contributed by atoms with Crippen molar-refractivity contribution in [2.24, 2.45) is 0 Å². The van der Waals surface area contributed by atoms with Gasteiger partial charge in [-0.25, -0.2) is 0 Å². The van der Waals surface area contributed by atoms with E-state index in [-0.39, 0.29) is 12.5 Å². The number of amides is 1. The molecule has 0 aliphatic rings. The molecule has 4 heteroatoms. The second kappa shape index (κ2) is 10.2. The molecule has 0 unspecified atom stereocenters. The molecule has 4 nitrogen and oxygen atoms in total. The number of likely N-dealkylation sites (N-methyl/N-ethyl adjacent to an activating group) is 1. The molecule has 2 N–H and O–H groups in total. The summed E-state index contributed by atoms with van der Waals surface area (Å²) in [5.41, 5.74) is 7.16. The summed E-state index contributed by atoms with van der Waals surface area (Å²) >= 11 is 0. The fourth-order valence-electron chi connectivity index (χ4n) is 2.12. The van der Waals surface area contributed by atoms with Gasteiger partial charge in [0.15, 0.2) is 0 Å². The van der Waals surface area contributed by atoms with Crippen LogP contribution in [0.5, 0.6) is 0 Å². The number of carbonyl (C=O) groups is 1. The molecule has 0 spiro atoms. The second-order valence-corrected chi connectivity index (χ2v) is 5.37. The Kier molecular flexibility index (Phi) is 8.51. The molecule has 118 valence electrons. The highest BCUT2D eigenvalue weighted by Gasteiger charge is 2.10. The minimum atomic E-state index is -0.0495. The molecular weight excluding hydrogens is 264 g/mol. The maximum absolute atomic E-state index is 12.0. The Morgan fingerprint density at radius 2 is 1.90 bits per heavy atom. The summed E-state index contributed by atoms with van der Waals surface area (Å²) in [5, 5.41) is 0. The van der Waals surface area contributed by atoms with Crippen LogP contribution in [0.25, 0.3) is 0 Å². The number of nitrogens with zero attached hydrogens (tertiary/aromatic N) is 1. The molecule has 1 aromatic carbocycles. The number of hydrogen-bond donors (Lipinski definition) is 1. The van der Waals surface area contributed by atoms with Crippen molar-refractivity contribution in [1.29, 1.82) is 0 Å². The van der Waals surface area contributed by atoms with Crippen molar-refractivity contribution in [3.63, 3.8) is 0 Å². The van der Waals surface area contributed by atoms with Gasteiger partial charge in [0.05, 0.1) is 0 Å². The molecule has 0 heterocycles. The fourth-order valence-corrected chi connectivity index (χ4v) is 2.12. The highest BCUT2D eigenvalue weighted by Crippen LogP contribution is 2.16. The van der Waals surface area contributed by atoms with Crippen LogP contribution in [0.2, 0.25) is 0 Å².